The van der Waals surface area contributed by atoms with E-state index in [9.17, 15) is 9.59 Å². The maximum absolute atomic E-state index is 11.1. The van der Waals surface area contributed by atoms with Crippen LogP contribution in [0.25, 0.3) is 67.8 Å². The van der Waals surface area contributed by atoms with Crippen molar-refractivity contribution in [3.05, 3.63) is 196 Å². The van der Waals surface area contributed by atoms with Crippen LogP contribution < -0.4 is 9.47 Å². The molecule has 0 aliphatic carbocycles. The van der Waals surface area contributed by atoms with Crippen LogP contribution in [0.3, 0.4) is 0 Å². The number of hydrogen-bond acceptors (Lipinski definition) is 12. The van der Waals surface area contributed by atoms with E-state index in [1.165, 1.54) is 0 Å². The Hall–Kier alpha value is -8.12. The molecule has 0 amide bonds. The summed E-state index contributed by atoms with van der Waals surface area (Å²) in [5, 5.41) is 0. The number of carbonyl (C=O) groups excluding carboxylic acids is 2. The van der Waals surface area contributed by atoms with Crippen LogP contribution in [0.2, 0.25) is 0 Å². The molecule has 0 spiro atoms. The Kier molecular flexibility index (Phi) is 17.1. The van der Waals surface area contributed by atoms with Crippen LogP contribution in [-0.2, 0) is 36.1 Å². The molecule has 12 nitrogen and oxygen atoms in total. The summed E-state index contributed by atoms with van der Waals surface area (Å²) in [6.07, 6.45) is 9.26. The van der Waals surface area contributed by atoms with Gasteiger partial charge < -0.3 is 18.9 Å². The third-order valence-electron chi connectivity index (χ3n) is 9.26. The zero-order chi connectivity index (χ0) is 44.4. The van der Waals surface area contributed by atoms with Crippen molar-refractivity contribution in [1.82, 2.24) is 29.9 Å². The third-order valence-corrected chi connectivity index (χ3v) is 9.26. The monoisotopic (exact) mass is 902 g/mol. The van der Waals surface area contributed by atoms with E-state index in [1.54, 1.807) is 24.8 Å². The van der Waals surface area contributed by atoms with Crippen LogP contribution >= 0.6 is 0 Å². The van der Waals surface area contributed by atoms with Gasteiger partial charge in [0.25, 0.3) is 0 Å². The number of ether oxygens (including phenoxy) is 4. The van der Waals surface area contributed by atoms with Crippen molar-refractivity contribution in [2.75, 3.05) is 26.4 Å². The van der Waals surface area contributed by atoms with E-state index < -0.39 is 11.9 Å². The molecular weight excluding hydrogens is 860 g/mol. The first-order chi connectivity index (χ1) is 31.4. The maximum atomic E-state index is 11.1. The van der Waals surface area contributed by atoms with Gasteiger partial charge in [-0.25, -0.2) is 19.6 Å². The minimum Gasteiger partial charge on any atom is -0.490 e. The molecule has 6 aromatic heterocycles. The number of carbonyl (C=O) groups is 2. The molecule has 0 saturated carbocycles. The van der Waals surface area contributed by atoms with Crippen LogP contribution in [0, 0.1) is 0 Å². The van der Waals surface area contributed by atoms with E-state index in [4.69, 9.17) is 28.9 Å². The molecule has 0 saturated heterocycles. The van der Waals surface area contributed by atoms with Gasteiger partial charge >= 0.3 is 11.9 Å². The van der Waals surface area contributed by atoms with Gasteiger partial charge in [0.2, 0.25) is 0 Å². The van der Waals surface area contributed by atoms with Crippen molar-refractivity contribution in [2.45, 2.75) is 0 Å². The molecule has 0 unspecified atom stereocenters. The van der Waals surface area contributed by atoms with Crippen molar-refractivity contribution in [3.8, 4) is 79.3 Å². The molecule has 0 radical (unpaired) electrons. The molecule has 13 heteroatoms. The predicted octanol–water partition coefficient (Wildman–Crippen LogP) is 9.96. The number of benzene rings is 2. The van der Waals surface area contributed by atoms with Crippen LogP contribution in [0.5, 0.6) is 11.5 Å². The number of aromatic nitrogens is 6. The summed E-state index contributed by atoms with van der Waals surface area (Å²) < 4.78 is 21.1. The minimum absolute atomic E-state index is 0. The smallest absolute Gasteiger partial charge is 0.330 e. The van der Waals surface area contributed by atoms with Crippen molar-refractivity contribution in [1.29, 1.82) is 0 Å². The van der Waals surface area contributed by atoms with E-state index in [2.05, 4.69) is 33.1 Å². The first-order valence-corrected chi connectivity index (χ1v) is 20.2. The molecule has 0 aliphatic rings. The number of pyridine rings is 6. The summed E-state index contributed by atoms with van der Waals surface area (Å²) in [5.74, 6) is 0.447. The molecule has 65 heavy (non-hydrogen) atoms. The zero-order valence-corrected chi connectivity index (χ0v) is 36.2. The summed E-state index contributed by atoms with van der Waals surface area (Å²) in [7, 11) is 0. The molecule has 324 valence electrons. The van der Waals surface area contributed by atoms with Crippen LogP contribution in [-0.4, -0.2) is 68.3 Å². The molecule has 0 N–H and O–H groups in total. The van der Waals surface area contributed by atoms with Crippen LogP contribution in [0.1, 0.15) is 0 Å². The quantitative estimate of drug-likeness (QED) is 0.0393. The van der Waals surface area contributed by atoms with Gasteiger partial charge in [0.05, 0.1) is 45.6 Å². The largest absolute Gasteiger partial charge is 0.490 e. The fourth-order valence-corrected chi connectivity index (χ4v) is 6.19. The molecule has 2 aromatic carbocycles. The topological polar surface area (TPSA) is 148 Å². The zero-order valence-electron chi connectivity index (χ0n) is 35.0. The third kappa shape index (κ3) is 13.4. The van der Waals surface area contributed by atoms with E-state index in [0.29, 0.717) is 11.5 Å². The Labute approximate surface area is 387 Å². The number of rotatable bonds is 16. The van der Waals surface area contributed by atoms with E-state index in [-0.39, 0.29) is 43.5 Å². The van der Waals surface area contributed by atoms with Crippen molar-refractivity contribution in [2.24, 2.45) is 0 Å². The molecule has 8 aromatic rings. The van der Waals surface area contributed by atoms with Gasteiger partial charge in [-0.2, -0.15) is 0 Å². The van der Waals surface area contributed by atoms with Crippen LogP contribution in [0.15, 0.2) is 196 Å². The minimum atomic E-state index is -0.464. The Bertz CT molecular complexity index is 2470. The fourth-order valence-electron chi connectivity index (χ4n) is 6.19. The van der Waals surface area contributed by atoms with Gasteiger partial charge in [-0.1, -0.05) is 61.7 Å². The summed E-state index contributed by atoms with van der Waals surface area (Å²) in [6, 6.07) is 46.5. The molecule has 6 heterocycles. The SMILES string of the molecule is C=CC(=O)OCCOc1ccc(-c2cc(-c3ccccn3)nc(-c3ccccn3)c2)cc1.C=CC(=O)OCCOc1ccc(-c2cc(-c3ccccn3)nc(-c3ccccn3)c2)cc1.[Fe]. The predicted molar refractivity (Wildman–Crippen MR) is 246 cm³/mol. The van der Waals surface area contributed by atoms with Crippen molar-refractivity contribution >= 4 is 11.9 Å². The van der Waals surface area contributed by atoms with Crippen LogP contribution in [0.4, 0.5) is 0 Å². The van der Waals surface area contributed by atoms with Gasteiger partial charge in [0.15, 0.2) is 0 Å². The van der Waals surface area contributed by atoms with Gasteiger partial charge in [0, 0.05) is 54.0 Å². The average molecular weight is 903 g/mol. The second-order valence-corrected chi connectivity index (χ2v) is 13.6. The Morgan fingerprint density at radius 2 is 0.708 bits per heavy atom. The summed E-state index contributed by atoms with van der Waals surface area (Å²) in [4.78, 5) is 49.5. The van der Waals surface area contributed by atoms with E-state index in [0.717, 1.165) is 80.0 Å². The van der Waals surface area contributed by atoms with Crippen molar-refractivity contribution < 1.29 is 45.6 Å². The molecule has 0 bridgehead atoms. The number of esters is 2. The summed E-state index contributed by atoms with van der Waals surface area (Å²) in [5.41, 5.74) is 10.3. The second-order valence-electron chi connectivity index (χ2n) is 13.6. The maximum Gasteiger partial charge on any atom is 0.330 e. The Balaban J connectivity index is 0.000000212. The van der Waals surface area contributed by atoms with Gasteiger partial charge in [-0.05, 0) is 119 Å². The van der Waals surface area contributed by atoms with Crippen molar-refractivity contribution in [3.63, 3.8) is 0 Å². The number of nitrogens with zero attached hydrogens (tertiary/aromatic N) is 6. The summed E-state index contributed by atoms with van der Waals surface area (Å²) in [6.45, 7) is 7.58. The first kappa shape index (κ1) is 46.4. The van der Waals surface area contributed by atoms with Gasteiger partial charge in [-0.3, -0.25) is 19.9 Å². The standard InChI is InChI=1S/2C26H21N3O3.Fe/c2*1-2-26(30)32-16-15-31-21-11-9-19(10-12-21)20-17-24(22-7-3-5-13-27-22)29-25(18-20)23-8-4-6-14-28-23;/h2*2-14,17-18H,1,15-16H2;. The normalized spacial score (nSPS) is 10.2. The fraction of sp³-hybridized carbons (Fsp3) is 0.0769. The second kappa shape index (κ2) is 23.9. The first-order valence-electron chi connectivity index (χ1n) is 20.2. The molecule has 0 aliphatic heterocycles. The molecule has 0 atom stereocenters. The molecule has 8 rings (SSSR count). The molecular formula is C52H42FeN6O6. The van der Waals surface area contributed by atoms with Gasteiger partial charge in [-0.15, -0.1) is 0 Å². The average Bonchev–Trinajstić information content (AvgIpc) is 3.37. The van der Waals surface area contributed by atoms with Gasteiger partial charge in [0.1, 0.15) is 37.9 Å². The van der Waals surface area contributed by atoms with E-state index >= 15 is 0 Å². The van der Waals surface area contributed by atoms with E-state index in [1.807, 2.05) is 146 Å². The molecule has 0 fully saturated rings. The summed E-state index contributed by atoms with van der Waals surface area (Å²) >= 11 is 0. The number of hydrogen-bond donors (Lipinski definition) is 0. The Morgan fingerprint density at radius 3 is 0.969 bits per heavy atom. The Morgan fingerprint density at radius 1 is 0.400 bits per heavy atom.